The van der Waals surface area contributed by atoms with Gasteiger partial charge >= 0.3 is 0 Å². The van der Waals surface area contributed by atoms with Crippen molar-refractivity contribution in [3.8, 4) is 5.75 Å². The van der Waals surface area contributed by atoms with E-state index >= 15 is 0 Å². The van der Waals surface area contributed by atoms with Crippen LogP contribution in [0.25, 0.3) is 0 Å². The lowest BCUT2D eigenvalue weighted by Gasteiger charge is -2.17. The number of aliphatic imine (C=N–C) groups is 1. The molecular weight excluding hydrogens is 476 g/mol. The third-order valence-electron chi connectivity index (χ3n) is 3.50. The Morgan fingerprint density at radius 3 is 2.76 bits per heavy atom. The van der Waals surface area contributed by atoms with Crippen LogP contribution in [0.4, 0.5) is 0 Å². The molecule has 0 amide bonds. The zero-order valence-electron chi connectivity index (χ0n) is 14.0. The van der Waals surface area contributed by atoms with Gasteiger partial charge in [-0.05, 0) is 31.9 Å². The molecule has 0 heterocycles. The summed E-state index contributed by atoms with van der Waals surface area (Å²) in [7, 11) is 0. The number of guanidine groups is 1. The molecule has 1 aromatic rings. The van der Waals surface area contributed by atoms with Crippen LogP contribution < -0.4 is 15.4 Å². The molecule has 2 rings (SSSR count). The smallest absolute Gasteiger partial charge is 0.191 e. The SMILES string of the molecule is CCNC(=NCC(O)COc1cccc(Cl)c1Cl)NC1CC=CC1.I. The molecule has 140 valence electrons. The van der Waals surface area contributed by atoms with Gasteiger partial charge in [-0.15, -0.1) is 24.0 Å². The maximum atomic E-state index is 10.1. The summed E-state index contributed by atoms with van der Waals surface area (Å²) in [5.74, 6) is 1.15. The zero-order chi connectivity index (χ0) is 17.4. The summed E-state index contributed by atoms with van der Waals surface area (Å²) in [6.45, 7) is 3.09. The highest BCUT2D eigenvalue weighted by Crippen LogP contribution is 2.31. The molecule has 0 bridgehead atoms. The number of aliphatic hydroxyl groups excluding tert-OH is 1. The van der Waals surface area contributed by atoms with Crippen molar-refractivity contribution in [2.45, 2.75) is 31.9 Å². The van der Waals surface area contributed by atoms with E-state index in [1.807, 2.05) is 6.92 Å². The van der Waals surface area contributed by atoms with Crippen molar-refractivity contribution in [2.75, 3.05) is 19.7 Å². The maximum Gasteiger partial charge on any atom is 0.191 e. The van der Waals surface area contributed by atoms with Crippen LogP contribution >= 0.6 is 47.2 Å². The quantitative estimate of drug-likeness (QED) is 0.232. The van der Waals surface area contributed by atoms with Crippen molar-refractivity contribution in [1.82, 2.24) is 10.6 Å². The van der Waals surface area contributed by atoms with E-state index in [-0.39, 0.29) is 37.1 Å². The molecule has 1 aliphatic carbocycles. The summed E-state index contributed by atoms with van der Waals surface area (Å²) in [5.41, 5.74) is 0. The first-order valence-electron chi connectivity index (χ1n) is 8.04. The van der Waals surface area contributed by atoms with Crippen LogP contribution in [0.5, 0.6) is 5.75 Å². The number of hydrogen-bond acceptors (Lipinski definition) is 3. The molecular formula is C17H24Cl2IN3O2. The fourth-order valence-corrected chi connectivity index (χ4v) is 2.63. The van der Waals surface area contributed by atoms with Gasteiger partial charge in [-0.2, -0.15) is 0 Å². The van der Waals surface area contributed by atoms with Crippen molar-refractivity contribution < 1.29 is 9.84 Å². The molecule has 8 heteroatoms. The lowest BCUT2D eigenvalue weighted by atomic mass is 10.2. The van der Waals surface area contributed by atoms with Crippen LogP contribution in [0, 0.1) is 0 Å². The second-order valence-corrected chi connectivity index (χ2v) is 6.31. The number of nitrogens with zero attached hydrogens (tertiary/aromatic N) is 1. The van der Waals surface area contributed by atoms with Gasteiger partial charge in [-0.25, -0.2) is 0 Å². The van der Waals surface area contributed by atoms with Crippen LogP contribution in [0.1, 0.15) is 19.8 Å². The average Bonchev–Trinajstić information content (AvgIpc) is 3.07. The fourth-order valence-electron chi connectivity index (χ4n) is 2.28. The van der Waals surface area contributed by atoms with Crippen molar-refractivity contribution in [1.29, 1.82) is 0 Å². The first-order valence-corrected chi connectivity index (χ1v) is 8.80. The number of halogens is 3. The van der Waals surface area contributed by atoms with Gasteiger partial charge in [-0.1, -0.05) is 41.4 Å². The predicted molar refractivity (Wildman–Crippen MR) is 115 cm³/mol. The van der Waals surface area contributed by atoms with Gasteiger partial charge in [0.25, 0.3) is 0 Å². The minimum absolute atomic E-state index is 0. The highest BCUT2D eigenvalue weighted by atomic mass is 127. The van der Waals surface area contributed by atoms with Gasteiger partial charge in [0.1, 0.15) is 23.5 Å². The molecule has 25 heavy (non-hydrogen) atoms. The number of rotatable bonds is 7. The molecule has 0 saturated carbocycles. The average molecular weight is 500 g/mol. The monoisotopic (exact) mass is 499 g/mol. The summed E-state index contributed by atoms with van der Waals surface area (Å²) < 4.78 is 5.52. The van der Waals surface area contributed by atoms with Gasteiger partial charge in [0.15, 0.2) is 5.96 Å². The second-order valence-electron chi connectivity index (χ2n) is 5.52. The molecule has 1 aromatic carbocycles. The molecule has 1 unspecified atom stereocenters. The Balaban J connectivity index is 0.00000312. The van der Waals surface area contributed by atoms with E-state index in [1.54, 1.807) is 18.2 Å². The van der Waals surface area contributed by atoms with Crippen molar-refractivity contribution in [3.63, 3.8) is 0 Å². The molecule has 1 aliphatic rings. The Labute approximate surface area is 175 Å². The molecule has 0 aromatic heterocycles. The predicted octanol–water partition coefficient (Wildman–Crippen LogP) is 3.62. The number of ether oxygens (including phenoxy) is 1. The summed E-state index contributed by atoms with van der Waals surface area (Å²) in [5, 5.41) is 17.4. The lowest BCUT2D eigenvalue weighted by Crippen LogP contribution is -2.43. The van der Waals surface area contributed by atoms with E-state index in [4.69, 9.17) is 27.9 Å². The van der Waals surface area contributed by atoms with E-state index in [9.17, 15) is 5.11 Å². The third kappa shape index (κ3) is 7.60. The number of benzene rings is 1. The Morgan fingerprint density at radius 2 is 2.08 bits per heavy atom. The largest absolute Gasteiger partial charge is 0.489 e. The van der Waals surface area contributed by atoms with Gasteiger partial charge < -0.3 is 20.5 Å². The number of hydrogen-bond donors (Lipinski definition) is 3. The second kappa shape index (κ2) is 11.8. The first-order chi connectivity index (χ1) is 11.6. The van der Waals surface area contributed by atoms with Crippen LogP contribution in [0.3, 0.4) is 0 Å². The van der Waals surface area contributed by atoms with E-state index in [1.165, 1.54) is 0 Å². The van der Waals surface area contributed by atoms with Gasteiger partial charge in [0.05, 0.1) is 11.6 Å². The molecule has 0 saturated heterocycles. The van der Waals surface area contributed by atoms with Gasteiger partial charge in [0, 0.05) is 12.6 Å². The van der Waals surface area contributed by atoms with E-state index < -0.39 is 6.10 Å². The standard InChI is InChI=1S/C17H23Cl2N3O2.HI/c1-2-20-17(22-12-6-3-4-7-12)21-10-13(23)11-24-15-9-5-8-14(18)16(15)19;/h3-5,8-9,12-13,23H,2,6-7,10-11H2,1H3,(H2,20,21,22);1H. The highest BCUT2D eigenvalue weighted by molar-refractivity contribution is 14.0. The van der Waals surface area contributed by atoms with Crippen molar-refractivity contribution in [3.05, 3.63) is 40.4 Å². The Morgan fingerprint density at radius 1 is 1.36 bits per heavy atom. The summed E-state index contributed by atoms with van der Waals surface area (Å²) in [6.07, 6.45) is 5.54. The van der Waals surface area contributed by atoms with Crippen LogP contribution in [-0.4, -0.2) is 42.9 Å². The normalized spacial score (nSPS) is 15.6. The van der Waals surface area contributed by atoms with Crippen molar-refractivity contribution in [2.24, 2.45) is 4.99 Å². The van der Waals surface area contributed by atoms with Crippen LogP contribution in [0.2, 0.25) is 10.0 Å². The minimum atomic E-state index is -0.739. The molecule has 0 aliphatic heterocycles. The Kier molecular flexibility index (Phi) is 10.6. The summed E-state index contributed by atoms with van der Waals surface area (Å²) in [4.78, 5) is 4.41. The molecule has 0 radical (unpaired) electrons. The summed E-state index contributed by atoms with van der Waals surface area (Å²) >= 11 is 12.0. The van der Waals surface area contributed by atoms with E-state index in [0.717, 1.165) is 19.4 Å². The minimum Gasteiger partial charge on any atom is -0.489 e. The maximum absolute atomic E-state index is 10.1. The van der Waals surface area contributed by atoms with Gasteiger partial charge in [0.2, 0.25) is 0 Å². The molecule has 5 nitrogen and oxygen atoms in total. The first kappa shape index (κ1) is 22.3. The highest BCUT2D eigenvalue weighted by Gasteiger charge is 2.13. The zero-order valence-corrected chi connectivity index (χ0v) is 17.9. The molecule has 1 atom stereocenters. The third-order valence-corrected chi connectivity index (χ3v) is 4.30. The Hall–Kier alpha value is -0.700. The number of aliphatic hydroxyl groups is 1. The fraction of sp³-hybridized carbons (Fsp3) is 0.471. The van der Waals surface area contributed by atoms with Crippen LogP contribution in [-0.2, 0) is 0 Å². The topological polar surface area (TPSA) is 65.9 Å². The Bertz CT molecular complexity index is 591. The van der Waals surface area contributed by atoms with Gasteiger partial charge in [-0.3, -0.25) is 4.99 Å². The molecule has 0 fully saturated rings. The van der Waals surface area contributed by atoms with E-state index in [0.29, 0.717) is 27.8 Å². The van der Waals surface area contributed by atoms with E-state index in [2.05, 4.69) is 27.8 Å². The molecule has 3 N–H and O–H groups in total. The summed E-state index contributed by atoms with van der Waals surface area (Å²) in [6, 6.07) is 5.50. The van der Waals surface area contributed by atoms with Crippen LogP contribution in [0.15, 0.2) is 35.3 Å². The lowest BCUT2D eigenvalue weighted by molar-refractivity contribution is 0.114. The van der Waals surface area contributed by atoms with Crippen molar-refractivity contribution >= 4 is 53.1 Å². The molecule has 0 spiro atoms. The number of nitrogens with one attached hydrogen (secondary N) is 2.